The van der Waals surface area contributed by atoms with E-state index in [9.17, 15) is 0 Å². The van der Waals surface area contributed by atoms with Gasteiger partial charge in [0.1, 0.15) is 12.4 Å². The van der Waals surface area contributed by atoms with Crippen LogP contribution in [-0.4, -0.2) is 51.8 Å². The van der Waals surface area contributed by atoms with Crippen molar-refractivity contribution in [2.24, 2.45) is 4.99 Å². The molecule has 0 fully saturated rings. The Bertz CT molecular complexity index is 806. The second kappa shape index (κ2) is 12.9. The molecule has 164 valence electrons. The molecule has 0 spiro atoms. The smallest absolute Gasteiger partial charge is 0.191 e. The van der Waals surface area contributed by atoms with Gasteiger partial charge in [-0.3, -0.25) is 0 Å². The first-order valence-electron chi connectivity index (χ1n) is 10.5. The highest BCUT2D eigenvalue weighted by Gasteiger charge is 2.06. The summed E-state index contributed by atoms with van der Waals surface area (Å²) in [5.41, 5.74) is 4.76. The van der Waals surface area contributed by atoms with Crippen LogP contribution in [0.2, 0.25) is 0 Å². The van der Waals surface area contributed by atoms with Crippen molar-refractivity contribution in [1.29, 1.82) is 0 Å². The number of benzene rings is 2. The molecule has 0 radical (unpaired) electrons. The van der Waals surface area contributed by atoms with E-state index in [2.05, 4.69) is 85.9 Å². The van der Waals surface area contributed by atoms with Crippen LogP contribution in [0.15, 0.2) is 47.5 Å². The number of hydrogen-bond donors (Lipinski definition) is 2. The molecule has 30 heavy (non-hydrogen) atoms. The van der Waals surface area contributed by atoms with E-state index in [1.807, 2.05) is 0 Å². The third-order valence-electron chi connectivity index (χ3n) is 4.47. The Morgan fingerprint density at radius 3 is 2.57 bits per heavy atom. The van der Waals surface area contributed by atoms with Gasteiger partial charge in [0.2, 0.25) is 0 Å². The minimum absolute atomic E-state index is 0.532. The number of aliphatic imine (C=N–C) groups is 1. The van der Waals surface area contributed by atoms with E-state index < -0.39 is 0 Å². The number of guanidine groups is 1. The lowest BCUT2D eigenvalue weighted by molar-refractivity contribution is 0.145. The quantitative estimate of drug-likeness (QED) is 0.337. The average molecular weight is 413 g/mol. The highest BCUT2D eigenvalue weighted by atomic mass is 16.5. The van der Waals surface area contributed by atoms with Crippen molar-refractivity contribution in [2.75, 3.05) is 41.0 Å². The lowest BCUT2D eigenvalue weighted by atomic mass is 10.1. The Kier molecular flexibility index (Phi) is 10.2. The molecule has 2 N–H and O–H groups in total. The van der Waals surface area contributed by atoms with Crippen LogP contribution in [0, 0.1) is 6.92 Å². The highest BCUT2D eigenvalue weighted by molar-refractivity contribution is 5.79. The third-order valence-corrected chi connectivity index (χ3v) is 4.47. The molecule has 0 bridgehead atoms. The lowest BCUT2D eigenvalue weighted by Gasteiger charge is -2.15. The first-order chi connectivity index (χ1) is 14.5. The summed E-state index contributed by atoms with van der Waals surface area (Å²) in [6.07, 6.45) is 0. The molecule has 0 amide bonds. The van der Waals surface area contributed by atoms with Crippen molar-refractivity contribution in [3.63, 3.8) is 0 Å². The average Bonchev–Trinajstić information content (AvgIpc) is 2.71. The number of rotatable bonds is 11. The molecule has 0 aliphatic carbocycles. The Hall–Kier alpha value is -2.57. The number of methoxy groups -OCH3 is 1. The Labute approximate surface area is 181 Å². The van der Waals surface area contributed by atoms with Crippen LogP contribution in [0.1, 0.15) is 29.2 Å². The van der Waals surface area contributed by atoms with Gasteiger partial charge < -0.3 is 25.0 Å². The van der Waals surface area contributed by atoms with E-state index in [0.29, 0.717) is 26.3 Å². The number of ether oxygens (including phenoxy) is 2. The summed E-state index contributed by atoms with van der Waals surface area (Å²) in [4.78, 5) is 6.93. The van der Waals surface area contributed by atoms with Crippen LogP contribution in [-0.2, 0) is 24.4 Å². The van der Waals surface area contributed by atoms with E-state index in [0.717, 1.165) is 30.4 Å². The maximum atomic E-state index is 5.90. The van der Waals surface area contributed by atoms with Gasteiger partial charge in [0.15, 0.2) is 5.96 Å². The van der Waals surface area contributed by atoms with Crippen LogP contribution < -0.4 is 15.4 Å². The van der Waals surface area contributed by atoms with Crippen LogP contribution in [0.3, 0.4) is 0 Å². The van der Waals surface area contributed by atoms with Crippen molar-refractivity contribution in [1.82, 2.24) is 15.5 Å². The minimum Gasteiger partial charge on any atom is -0.491 e. The van der Waals surface area contributed by atoms with E-state index >= 15 is 0 Å². The van der Waals surface area contributed by atoms with Gasteiger partial charge in [-0.15, -0.1) is 0 Å². The van der Waals surface area contributed by atoms with Crippen molar-refractivity contribution in [3.05, 3.63) is 64.7 Å². The fraction of sp³-hybridized carbons (Fsp3) is 0.458. The van der Waals surface area contributed by atoms with Crippen LogP contribution in [0.25, 0.3) is 0 Å². The molecule has 6 nitrogen and oxygen atoms in total. The molecule has 0 aliphatic rings. The van der Waals surface area contributed by atoms with Gasteiger partial charge in [-0.1, -0.05) is 36.4 Å². The van der Waals surface area contributed by atoms with Crippen LogP contribution in [0.5, 0.6) is 5.75 Å². The van der Waals surface area contributed by atoms with Crippen LogP contribution in [0.4, 0.5) is 0 Å². The maximum absolute atomic E-state index is 5.90. The SMILES string of the molecule is CCNC(=NCc1cccc(CN(C)C)c1)NCc1ccc(C)cc1OCCOC. The number of aryl methyl sites for hydroxylation is 1. The van der Waals surface area contributed by atoms with Crippen molar-refractivity contribution < 1.29 is 9.47 Å². The van der Waals surface area contributed by atoms with E-state index in [4.69, 9.17) is 14.5 Å². The van der Waals surface area contributed by atoms with E-state index in [1.165, 1.54) is 16.7 Å². The Balaban J connectivity index is 2.04. The highest BCUT2D eigenvalue weighted by Crippen LogP contribution is 2.20. The molecule has 2 aromatic rings. The molecule has 0 heterocycles. The van der Waals surface area contributed by atoms with Crippen molar-refractivity contribution >= 4 is 5.96 Å². The number of nitrogens with one attached hydrogen (secondary N) is 2. The molecular formula is C24H36N4O2. The molecule has 0 atom stereocenters. The number of hydrogen-bond acceptors (Lipinski definition) is 4. The standard InChI is InChI=1S/C24H36N4O2/c1-6-25-24(26-16-20-8-7-9-21(15-20)18-28(3)4)27-17-22-11-10-19(2)14-23(22)30-13-12-29-5/h7-11,14-15H,6,12-13,16-18H2,1-5H3,(H2,25,26,27). The predicted molar refractivity (Wildman–Crippen MR) is 124 cm³/mol. The van der Waals surface area contributed by atoms with Gasteiger partial charge in [0, 0.05) is 32.3 Å². The van der Waals surface area contributed by atoms with Crippen molar-refractivity contribution in [3.8, 4) is 5.75 Å². The van der Waals surface area contributed by atoms with E-state index in [1.54, 1.807) is 7.11 Å². The van der Waals surface area contributed by atoms with Gasteiger partial charge in [-0.05, 0) is 50.7 Å². The summed E-state index contributed by atoms with van der Waals surface area (Å²) in [7, 11) is 5.84. The second-order valence-electron chi connectivity index (χ2n) is 7.56. The zero-order valence-corrected chi connectivity index (χ0v) is 19.0. The molecule has 2 rings (SSSR count). The predicted octanol–water partition coefficient (Wildman–Crippen LogP) is 3.34. The first-order valence-corrected chi connectivity index (χ1v) is 10.5. The van der Waals surface area contributed by atoms with Gasteiger partial charge >= 0.3 is 0 Å². The first kappa shape index (κ1) is 23.7. The fourth-order valence-corrected chi connectivity index (χ4v) is 3.06. The van der Waals surface area contributed by atoms with E-state index in [-0.39, 0.29) is 0 Å². The molecule has 6 heteroatoms. The molecule has 0 aromatic heterocycles. The second-order valence-corrected chi connectivity index (χ2v) is 7.56. The van der Waals surface area contributed by atoms with Gasteiger partial charge in [-0.25, -0.2) is 4.99 Å². The normalized spacial score (nSPS) is 11.6. The van der Waals surface area contributed by atoms with Gasteiger partial charge in [-0.2, -0.15) is 0 Å². The molecule has 0 aliphatic heterocycles. The fourth-order valence-electron chi connectivity index (χ4n) is 3.06. The molecule has 0 saturated carbocycles. The maximum Gasteiger partial charge on any atom is 0.191 e. The topological polar surface area (TPSA) is 58.1 Å². The summed E-state index contributed by atoms with van der Waals surface area (Å²) in [5, 5.41) is 6.75. The van der Waals surface area contributed by atoms with Gasteiger partial charge in [0.05, 0.1) is 13.2 Å². The number of nitrogens with zero attached hydrogens (tertiary/aromatic N) is 2. The largest absolute Gasteiger partial charge is 0.491 e. The molecule has 0 saturated heterocycles. The monoisotopic (exact) mass is 412 g/mol. The van der Waals surface area contributed by atoms with Crippen LogP contribution >= 0.6 is 0 Å². The minimum atomic E-state index is 0.532. The Morgan fingerprint density at radius 2 is 1.83 bits per heavy atom. The molecular weight excluding hydrogens is 376 g/mol. The Morgan fingerprint density at radius 1 is 1.03 bits per heavy atom. The van der Waals surface area contributed by atoms with Crippen molar-refractivity contribution in [2.45, 2.75) is 33.5 Å². The summed E-state index contributed by atoms with van der Waals surface area (Å²) >= 11 is 0. The van der Waals surface area contributed by atoms with Gasteiger partial charge in [0.25, 0.3) is 0 Å². The summed E-state index contributed by atoms with van der Waals surface area (Å²) < 4.78 is 11.0. The molecule has 0 unspecified atom stereocenters. The third kappa shape index (κ3) is 8.43. The summed E-state index contributed by atoms with van der Waals surface area (Å²) in [6.45, 7) is 8.22. The summed E-state index contributed by atoms with van der Waals surface area (Å²) in [5.74, 6) is 1.67. The zero-order valence-electron chi connectivity index (χ0n) is 19.0. The lowest BCUT2D eigenvalue weighted by Crippen LogP contribution is -2.36. The molecule has 2 aromatic carbocycles. The summed E-state index contributed by atoms with van der Waals surface area (Å²) in [6, 6.07) is 14.8. The zero-order chi connectivity index (χ0) is 21.8.